The zero-order valence-electron chi connectivity index (χ0n) is 7.76. The van der Waals surface area contributed by atoms with E-state index >= 15 is 0 Å². The minimum absolute atomic E-state index is 0.309. The molecule has 2 rings (SSSR count). The first-order chi connectivity index (χ1) is 7.08. The Balaban J connectivity index is 2.31. The van der Waals surface area contributed by atoms with Crippen molar-refractivity contribution in [3.8, 4) is 0 Å². The number of aryl methyl sites for hydroxylation is 1. The Labute approximate surface area is 122 Å². The molecule has 15 heavy (non-hydrogen) atoms. The van der Waals surface area contributed by atoms with Gasteiger partial charge in [0.2, 0.25) is 0 Å². The third kappa shape index (κ3) is 2.75. The van der Waals surface area contributed by atoms with Crippen LogP contribution < -0.4 is 0 Å². The molecule has 0 saturated carbocycles. The van der Waals surface area contributed by atoms with Crippen molar-refractivity contribution in [2.24, 2.45) is 0 Å². The zero-order chi connectivity index (χ0) is 11.0. The average Bonchev–Trinajstić information content (AvgIpc) is 2.74. The molecule has 2 aromatic rings. The van der Waals surface area contributed by atoms with Crippen LogP contribution in [0.3, 0.4) is 0 Å². The van der Waals surface area contributed by atoms with Crippen LogP contribution in [0.1, 0.15) is 19.5 Å². The van der Waals surface area contributed by atoms with E-state index in [0.29, 0.717) is 4.83 Å². The summed E-state index contributed by atoms with van der Waals surface area (Å²) in [6.07, 6.45) is 0. The summed E-state index contributed by atoms with van der Waals surface area (Å²) in [6.45, 7) is 2.13. The smallest absolute Gasteiger partial charge is 0.0831 e. The summed E-state index contributed by atoms with van der Waals surface area (Å²) in [7, 11) is 0. The van der Waals surface area contributed by atoms with Gasteiger partial charge in [-0.2, -0.15) is 0 Å². The second kappa shape index (κ2) is 5.00. The maximum atomic E-state index is 3.73. The van der Waals surface area contributed by atoms with Gasteiger partial charge in [0.25, 0.3) is 0 Å². The van der Waals surface area contributed by atoms with Gasteiger partial charge in [-0.25, -0.2) is 0 Å². The molecule has 0 fully saturated rings. The van der Waals surface area contributed by atoms with Gasteiger partial charge < -0.3 is 0 Å². The predicted octanol–water partition coefficient (Wildman–Crippen LogP) is 6.13. The monoisotopic (exact) mass is 428 g/mol. The van der Waals surface area contributed by atoms with Crippen LogP contribution in [0, 0.1) is 6.92 Å². The fourth-order valence-corrected chi connectivity index (χ4v) is 5.11. The van der Waals surface area contributed by atoms with Crippen molar-refractivity contribution in [2.75, 3.05) is 0 Å². The molecule has 5 heteroatoms. The van der Waals surface area contributed by atoms with Crippen LogP contribution >= 0.6 is 70.5 Å². The molecule has 0 aliphatic carbocycles. The maximum absolute atomic E-state index is 3.73. The van der Waals surface area contributed by atoms with Crippen LogP contribution in [-0.2, 0) is 0 Å². The molecule has 0 amide bonds. The van der Waals surface area contributed by atoms with E-state index in [4.69, 9.17) is 0 Å². The Morgan fingerprint density at radius 3 is 2.33 bits per heavy atom. The lowest BCUT2D eigenvalue weighted by Crippen LogP contribution is -1.83. The first-order valence-corrected chi connectivity index (χ1v) is 8.36. The summed E-state index contributed by atoms with van der Waals surface area (Å²) in [5.41, 5.74) is 0. The molecule has 0 aliphatic rings. The molecule has 0 spiro atoms. The van der Waals surface area contributed by atoms with Crippen molar-refractivity contribution in [2.45, 2.75) is 11.8 Å². The third-order valence-corrected chi connectivity index (χ3v) is 7.45. The summed E-state index contributed by atoms with van der Waals surface area (Å²) in [6, 6.07) is 6.42. The zero-order valence-corrected chi connectivity index (χ0v) is 14.2. The molecule has 0 bridgehead atoms. The number of hydrogen-bond donors (Lipinski definition) is 0. The second-order valence-electron chi connectivity index (χ2n) is 3.06. The van der Waals surface area contributed by atoms with Crippen LogP contribution in [-0.4, -0.2) is 0 Å². The van der Waals surface area contributed by atoms with Gasteiger partial charge in [0.1, 0.15) is 0 Å². The average molecular weight is 431 g/mol. The Bertz CT molecular complexity index is 453. The topological polar surface area (TPSA) is 0 Å². The van der Waals surface area contributed by atoms with Crippen LogP contribution in [0.5, 0.6) is 0 Å². The van der Waals surface area contributed by atoms with Gasteiger partial charge in [-0.15, -0.1) is 22.7 Å². The molecule has 2 aromatic heterocycles. The van der Waals surface area contributed by atoms with Crippen molar-refractivity contribution in [1.82, 2.24) is 0 Å². The Morgan fingerprint density at radius 1 is 1.13 bits per heavy atom. The first-order valence-electron chi connectivity index (χ1n) is 4.23. The molecule has 0 aliphatic heterocycles. The van der Waals surface area contributed by atoms with Crippen molar-refractivity contribution >= 4 is 70.5 Å². The Kier molecular flexibility index (Phi) is 4.10. The summed E-state index contributed by atoms with van der Waals surface area (Å²) in [4.78, 5) is 4.30. The molecule has 0 nitrogen and oxygen atoms in total. The van der Waals surface area contributed by atoms with Gasteiger partial charge in [0.15, 0.2) is 0 Å². The lowest BCUT2D eigenvalue weighted by atomic mass is 10.3. The molecule has 1 atom stereocenters. The lowest BCUT2D eigenvalue weighted by Gasteiger charge is -2.03. The summed E-state index contributed by atoms with van der Waals surface area (Å²) in [5.74, 6) is 0. The van der Waals surface area contributed by atoms with Gasteiger partial charge in [-0.1, -0.05) is 15.9 Å². The summed E-state index contributed by atoms with van der Waals surface area (Å²) >= 11 is 14.4. The predicted molar refractivity (Wildman–Crippen MR) is 79.5 cm³/mol. The highest BCUT2D eigenvalue weighted by molar-refractivity contribution is 9.11. The Morgan fingerprint density at radius 2 is 1.87 bits per heavy atom. The van der Waals surface area contributed by atoms with Crippen LogP contribution in [0.4, 0.5) is 0 Å². The number of halogens is 3. The molecule has 1 unspecified atom stereocenters. The van der Waals surface area contributed by atoms with E-state index in [1.807, 2.05) is 11.3 Å². The van der Waals surface area contributed by atoms with Crippen molar-refractivity contribution < 1.29 is 0 Å². The lowest BCUT2D eigenvalue weighted by molar-refractivity contribution is 1.28. The number of alkyl halides is 1. The number of rotatable bonds is 2. The number of thiophene rings is 2. The molecule has 80 valence electrons. The molecule has 0 N–H and O–H groups in total. The molecule has 2 heterocycles. The fraction of sp³-hybridized carbons (Fsp3) is 0.200. The third-order valence-electron chi connectivity index (χ3n) is 1.97. The maximum Gasteiger partial charge on any atom is 0.0831 e. The van der Waals surface area contributed by atoms with E-state index in [1.54, 1.807) is 11.3 Å². The first kappa shape index (κ1) is 12.3. The normalized spacial score (nSPS) is 13.1. The highest BCUT2D eigenvalue weighted by Gasteiger charge is 2.15. The van der Waals surface area contributed by atoms with Gasteiger partial charge in [-0.3, -0.25) is 0 Å². The van der Waals surface area contributed by atoms with Gasteiger partial charge >= 0.3 is 0 Å². The van der Waals surface area contributed by atoms with E-state index < -0.39 is 0 Å². The van der Waals surface area contributed by atoms with Gasteiger partial charge in [0, 0.05) is 19.1 Å². The van der Waals surface area contributed by atoms with Crippen molar-refractivity contribution in [1.29, 1.82) is 0 Å². The Hall–Kier alpha value is 0.840. The van der Waals surface area contributed by atoms with Crippen molar-refractivity contribution in [3.63, 3.8) is 0 Å². The number of hydrogen-bond acceptors (Lipinski definition) is 2. The molecular formula is C10H7Br3S2. The summed E-state index contributed by atoms with van der Waals surface area (Å²) in [5, 5.41) is 0. The van der Waals surface area contributed by atoms with E-state index in [2.05, 4.69) is 72.9 Å². The summed E-state index contributed by atoms with van der Waals surface area (Å²) < 4.78 is 2.37. The molecule has 0 radical (unpaired) electrons. The van der Waals surface area contributed by atoms with E-state index in [1.165, 1.54) is 22.9 Å². The molecular weight excluding hydrogens is 424 g/mol. The minimum atomic E-state index is 0.309. The van der Waals surface area contributed by atoms with E-state index in [-0.39, 0.29) is 0 Å². The SMILES string of the molecule is Cc1sc(C(Br)c2ccc(Br)s2)cc1Br. The minimum Gasteiger partial charge on any atom is -0.143 e. The molecule has 0 saturated heterocycles. The largest absolute Gasteiger partial charge is 0.143 e. The fourth-order valence-electron chi connectivity index (χ4n) is 1.21. The van der Waals surface area contributed by atoms with Crippen LogP contribution in [0.15, 0.2) is 26.5 Å². The molecule has 0 aromatic carbocycles. The van der Waals surface area contributed by atoms with Gasteiger partial charge in [-0.05, 0) is 57.0 Å². The van der Waals surface area contributed by atoms with Crippen LogP contribution in [0.25, 0.3) is 0 Å². The second-order valence-corrected chi connectivity index (χ2v) is 8.61. The highest BCUT2D eigenvalue weighted by Crippen LogP contribution is 2.41. The highest BCUT2D eigenvalue weighted by atomic mass is 79.9. The van der Waals surface area contributed by atoms with E-state index in [9.17, 15) is 0 Å². The van der Waals surface area contributed by atoms with Crippen LogP contribution in [0.2, 0.25) is 0 Å². The quantitative estimate of drug-likeness (QED) is 0.503. The van der Waals surface area contributed by atoms with Crippen molar-refractivity contribution in [3.05, 3.63) is 41.1 Å². The van der Waals surface area contributed by atoms with Gasteiger partial charge in [0.05, 0.1) is 8.61 Å². The standard InChI is InChI=1S/C10H7Br3S2/c1-5-6(11)4-8(14-5)10(13)7-2-3-9(12)15-7/h2-4,10H,1H3. The van der Waals surface area contributed by atoms with E-state index in [0.717, 1.165) is 0 Å².